The van der Waals surface area contributed by atoms with Crippen LogP contribution < -0.4 is 5.32 Å². The van der Waals surface area contributed by atoms with Gasteiger partial charge in [-0.05, 0) is 23.1 Å². The van der Waals surface area contributed by atoms with Crippen molar-refractivity contribution in [2.45, 2.75) is 6.54 Å². The van der Waals surface area contributed by atoms with Gasteiger partial charge in [-0.25, -0.2) is 0 Å². The van der Waals surface area contributed by atoms with Gasteiger partial charge in [-0.1, -0.05) is 36.4 Å². The topological polar surface area (TPSA) is 34.0 Å². The number of carbonyl (C=O) groups is 1. The molecule has 0 spiro atoms. The van der Waals surface area contributed by atoms with Crippen LogP contribution >= 0.6 is 11.3 Å². The fraction of sp³-hybridized carbons (Fsp3) is 0.118. The second-order valence-corrected chi connectivity index (χ2v) is 5.72. The van der Waals surface area contributed by atoms with E-state index in [0.717, 1.165) is 10.2 Å². The molecule has 0 aliphatic heterocycles. The third-order valence-electron chi connectivity index (χ3n) is 3.35. The van der Waals surface area contributed by atoms with E-state index in [1.54, 1.807) is 17.4 Å². The number of fused-ring (bicyclic) bond motifs is 1. The van der Waals surface area contributed by atoms with Crippen LogP contribution in [0.2, 0.25) is 0 Å². The third-order valence-corrected chi connectivity index (χ3v) is 4.20. The van der Waals surface area contributed by atoms with Gasteiger partial charge in [0.25, 0.3) is 5.91 Å². The summed E-state index contributed by atoms with van der Waals surface area (Å²) in [5.41, 5.74) is 2.98. The van der Waals surface area contributed by atoms with Gasteiger partial charge in [0, 0.05) is 13.1 Å². The van der Waals surface area contributed by atoms with Crippen LogP contribution in [0.15, 0.2) is 60.5 Å². The smallest absolute Gasteiger partial charge is 0.268 e. The van der Waals surface area contributed by atoms with Crippen LogP contribution in [0, 0.1) is 0 Å². The second-order valence-electron chi connectivity index (χ2n) is 4.77. The van der Waals surface area contributed by atoms with Crippen LogP contribution in [0.3, 0.4) is 0 Å². The third kappa shape index (κ3) is 2.76. The normalized spacial score (nSPS) is 10.7. The highest BCUT2D eigenvalue weighted by Crippen LogP contribution is 2.26. The molecule has 3 aromatic rings. The van der Waals surface area contributed by atoms with Gasteiger partial charge in [0.1, 0.15) is 5.69 Å². The fourth-order valence-corrected chi connectivity index (χ4v) is 3.18. The van der Waals surface area contributed by atoms with Crippen molar-refractivity contribution in [2.75, 3.05) is 6.54 Å². The number of rotatable bonds is 5. The van der Waals surface area contributed by atoms with E-state index in [-0.39, 0.29) is 5.91 Å². The summed E-state index contributed by atoms with van der Waals surface area (Å²) in [4.78, 5) is 12.3. The molecule has 106 valence electrons. The minimum Gasteiger partial charge on any atom is -0.347 e. The van der Waals surface area contributed by atoms with Gasteiger partial charge in [0.2, 0.25) is 0 Å². The van der Waals surface area contributed by atoms with E-state index in [1.807, 2.05) is 24.3 Å². The quantitative estimate of drug-likeness (QED) is 0.716. The highest BCUT2D eigenvalue weighted by molar-refractivity contribution is 7.17. The molecule has 0 aliphatic rings. The summed E-state index contributed by atoms with van der Waals surface area (Å²) in [5, 5.41) is 4.91. The van der Waals surface area contributed by atoms with Crippen LogP contribution in [0.1, 0.15) is 16.1 Å². The predicted molar refractivity (Wildman–Crippen MR) is 87.9 cm³/mol. The Balaban J connectivity index is 1.99. The maximum Gasteiger partial charge on any atom is 0.268 e. The van der Waals surface area contributed by atoms with E-state index < -0.39 is 0 Å². The van der Waals surface area contributed by atoms with E-state index >= 15 is 0 Å². The Morgan fingerprint density at radius 3 is 2.86 bits per heavy atom. The number of nitrogens with one attached hydrogen (secondary N) is 1. The molecule has 0 saturated heterocycles. The molecule has 3 rings (SSSR count). The number of amides is 1. The van der Waals surface area contributed by atoms with Gasteiger partial charge >= 0.3 is 0 Å². The highest BCUT2D eigenvalue weighted by atomic mass is 32.1. The van der Waals surface area contributed by atoms with Gasteiger partial charge < -0.3 is 9.88 Å². The number of aromatic nitrogens is 1. The lowest BCUT2D eigenvalue weighted by Crippen LogP contribution is -2.26. The van der Waals surface area contributed by atoms with Crippen LogP contribution in [0.4, 0.5) is 0 Å². The largest absolute Gasteiger partial charge is 0.347 e. The summed E-state index contributed by atoms with van der Waals surface area (Å²) < 4.78 is 3.20. The number of nitrogens with zero attached hydrogens (tertiary/aromatic N) is 1. The maximum atomic E-state index is 12.3. The van der Waals surface area contributed by atoms with Crippen LogP contribution in [-0.2, 0) is 6.54 Å². The van der Waals surface area contributed by atoms with Crippen LogP contribution in [0.25, 0.3) is 10.2 Å². The predicted octanol–water partition coefficient (Wildman–Crippen LogP) is 3.67. The summed E-state index contributed by atoms with van der Waals surface area (Å²) in [5.74, 6) is -0.0609. The minimum absolute atomic E-state index is 0.0609. The number of hydrogen-bond acceptors (Lipinski definition) is 2. The van der Waals surface area contributed by atoms with Crippen molar-refractivity contribution in [1.82, 2.24) is 9.88 Å². The van der Waals surface area contributed by atoms with Crippen molar-refractivity contribution in [3.8, 4) is 0 Å². The zero-order valence-electron chi connectivity index (χ0n) is 11.6. The lowest BCUT2D eigenvalue weighted by molar-refractivity contribution is 0.0949. The first-order chi connectivity index (χ1) is 10.3. The molecule has 0 aliphatic carbocycles. The molecule has 4 heteroatoms. The highest BCUT2D eigenvalue weighted by Gasteiger charge is 2.16. The molecule has 3 nitrogen and oxygen atoms in total. The van der Waals surface area contributed by atoms with E-state index in [1.165, 1.54) is 5.56 Å². The van der Waals surface area contributed by atoms with Gasteiger partial charge in [0.15, 0.2) is 0 Å². The second kappa shape index (κ2) is 5.97. The van der Waals surface area contributed by atoms with Crippen molar-refractivity contribution >= 4 is 27.5 Å². The summed E-state index contributed by atoms with van der Waals surface area (Å²) in [7, 11) is 0. The van der Waals surface area contributed by atoms with E-state index in [0.29, 0.717) is 18.8 Å². The SMILES string of the molecule is C=CCNC(=O)c1cc2sccc2n1Cc1ccccc1. The Kier molecular flexibility index (Phi) is 3.88. The molecule has 0 bridgehead atoms. The summed E-state index contributed by atoms with van der Waals surface area (Å²) >= 11 is 1.65. The van der Waals surface area contributed by atoms with E-state index in [4.69, 9.17) is 0 Å². The Labute approximate surface area is 127 Å². The summed E-state index contributed by atoms with van der Waals surface area (Å²) in [6, 6.07) is 14.2. The van der Waals surface area contributed by atoms with Crippen LogP contribution in [0.5, 0.6) is 0 Å². The summed E-state index contributed by atoms with van der Waals surface area (Å²) in [6.45, 7) is 4.80. The first-order valence-corrected chi connectivity index (χ1v) is 7.67. The molecular formula is C17H16N2OS. The molecule has 0 radical (unpaired) electrons. The number of benzene rings is 1. The molecule has 2 heterocycles. The molecule has 0 fully saturated rings. The first-order valence-electron chi connectivity index (χ1n) is 6.79. The Morgan fingerprint density at radius 2 is 2.10 bits per heavy atom. The fourth-order valence-electron chi connectivity index (χ4n) is 2.36. The van der Waals surface area contributed by atoms with Crippen molar-refractivity contribution in [2.24, 2.45) is 0 Å². The van der Waals surface area contributed by atoms with E-state index in [2.05, 4.69) is 40.0 Å². The summed E-state index contributed by atoms with van der Waals surface area (Å²) in [6.07, 6.45) is 1.69. The lowest BCUT2D eigenvalue weighted by Gasteiger charge is -2.10. The number of thiophene rings is 1. The number of hydrogen-bond donors (Lipinski definition) is 1. The lowest BCUT2D eigenvalue weighted by atomic mass is 10.2. The zero-order valence-corrected chi connectivity index (χ0v) is 12.4. The Hall–Kier alpha value is -2.33. The van der Waals surface area contributed by atoms with Crippen LogP contribution in [-0.4, -0.2) is 17.0 Å². The first kappa shape index (κ1) is 13.6. The molecule has 1 aromatic carbocycles. The molecule has 0 atom stereocenters. The van der Waals surface area contributed by atoms with Crippen molar-refractivity contribution < 1.29 is 4.79 Å². The van der Waals surface area contributed by atoms with Gasteiger partial charge in [-0.2, -0.15) is 0 Å². The molecule has 1 N–H and O–H groups in total. The molecular weight excluding hydrogens is 280 g/mol. The minimum atomic E-state index is -0.0609. The molecule has 1 amide bonds. The molecule has 21 heavy (non-hydrogen) atoms. The van der Waals surface area contributed by atoms with Gasteiger partial charge in [-0.15, -0.1) is 17.9 Å². The van der Waals surface area contributed by atoms with Crippen molar-refractivity contribution in [1.29, 1.82) is 0 Å². The van der Waals surface area contributed by atoms with E-state index in [9.17, 15) is 4.79 Å². The standard InChI is InChI=1S/C17H16N2OS/c1-2-9-18-17(20)15-11-16-14(8-10-21-16)19(15)12-13-6-4-3-5-7-13/h2-8,10-11H,1,9,12H2,(H,18,20). The monoisotopic (exact) mass is 296 g/mol. The maximum absolute atomic E-state index is 12.3. The number of carbonyl (C=O) groups excluding carboxylic acids is 1. The molecule has 0 saturated carbocycles. The average molecular weight is 296 g/mol. The van der Waals surface area contributed by atoms with Crippen molar-refractivity contribution in [3.05, 3.63) is 71.8 Å². The Morgan fingerprint density at radius 1 is 1.29 bits per heavy atom. The molecule has 2 aromatic heterocycles. The average Bonchev–Trinajstić information content (AvgIpc) is 3.08. The Bertz CT molecular complexity index is 771. The van der Waals surface area contributed by atoms with Gasteiger partial charge in [-0.3, -0.25) is 4.79 Å². The molecule has 0 unspecified atom stereocenters. The zero-order chi connectivity index (χ0) is 14.7. The van der Waals surface area contributed by atoms with Crippen molar-refractivity contribution in [3.63, 3.8) is 0 Å². The van der Waals surface area contributed by atoms with Gasteiger partial charge in [0.05, 0.1) is 10.2 Å².